The minimum Gasteiger partial charge on any atom is -0.323 e. The first-order valence-electron chi connectivity index (χ1n) is 3.66. The third-order valence-electron chi connectivity index (χ3n) is 1.73. The van der Waals surface area contributed by atoms with Crippen molar-refractivity contribution in [1.29, 1.82) is 0 Å². The Kier molecular flexibility index (Phi) is 5.35. The molecule has 0 fully saturated rings. The summed E-state index contributed by atoms with van der Waals surface area (Å²) in [5.41, 5.74) is 0.399. The number of rotatable bonds is 2. The van der Waals surface area contributed by atoms with E-state index in [0.29, 0.717) is 14.5 Å². The molecule has 0 aliphatic carbocycles. The van der Waals surface area contributed by atoms with Gasteiger partial charge in [0, 0.05) is 19.0 Å². The molecule has 16 heavy (non-hydrogen) atoms. The van der Waals surface area contributed by atoms with E-state index in [9.17, 15) is 14.4 Å². The molecule has 90 valence electrons. The largest absolute Gasteiger partial charge is 0.357 e. The normalized spacial score (nSPS) is 12.9. The second-order valence-corrected chi connectivity index (χ2v) is 11.7. The van der Waals surface area contributed by atoms with Crippen molar-refractivity contribution < 1.29 is 14.4 Å². The third kappa shape index (κ3) is 3.02. The van der Waals surface area contributed by atoms with Crippen LogP contribution >= 0.6 is 87.2 Å². The zero-order valence-electron chi connectivity index (χ0n) is 7.29. The average molecular weight is 567 g/mol. The maximum Gasteiger partial charge on any atom is 0.357 e. The second-order valence-electron chi connectivity index (χ2n) is 2.81. The molecule has 1 aromatic carbocycles. The van der Waals surface area contributed by atoms with Gasteiger partial charge in [-0.25, -0.2) is 0 Å². The minimum atomic E-state index is -4.39. The van der Waals surface area contributed by atoms with Crippen LogP contribution in [0.1, 0.15) is 5.56 Å². The predicted octanol–water partition coefficient (Wildman–Crippen LogP) is 5.05. The van der Waals surface area contributed by atoms with Crippen molar-refractivity contribution >= 4 is 87.2 Å². The highest BCUT2D eigenvalue weighted by atomic mass is 79.9. The highest BCUT2D eigenvalue weighted by Gasteiger charge is 2.45. The minimum absolute atomic E-state index is 0.399. The first-order chi connectivity index (χ1) is 7.09. The maximum atomic E-state index is 11.4. The molecule has 0 saturated carbocycles. The summed E-state index contributed by atoms with van der Waals surface area (Å²) in [5, 5.41) is 0. The van der Waals surface area contributed by atoms with Crippen molar-refractivity contribution in [1.82, 2.24) is 0 Å². The van der Waals surface area contributed by atoms with E-state index in [1.165, 1.54) is 0 Å². The van der Waals surface area contributed by atoms with Gasteiger partial charge in [-0.15, -0.1) is 0 Å². The number of halogens is 5. The van der Waals surface area contributed by atoms with E-state index < -0.39 is 10.6 Å². The van der Waals surface area contributed by atoms with E-state index in [2.05, 4.69) is 79.6 Å². The molecule has 0 aromatic heterocycles. The number of hydrogen-bond acceptors (Lipinski definition) is 1. The second kappa shape index (κ2) is 5.41. The molecule has 0 radical (unpaired) electrons. The van der Waals surface area contributed by atoms with E-state index in [0.717, 1.165) is 4.47 Å². The number of alkyl halides is 2. The van der Waals surface area contributed by atoms with Gasteiger partial charge < -0.3 is 9.79 Å². The van der Waals surface area contributed by atoms with Crippen LogP contribution < -0.4 is 0 Å². The molecule has 0 aliphatic rings. The Balaban J connectivity index is 3.47. The van der Waals surface area contributed by atoms with Gasteiger partial charge in [0.15, 0.2) is 0 Å². The summed E-state index contributed by atoms with van der Waals surface area (Å²) in [6.07, 6.45) is 0. The van der Waals surface area contributed by atoms with Crippen molar-refractivity contribution in [2.24, 2.45) is 0 Å². The zero-order chi connectivity index (χ0) is 12.7. The van der Waals surface area contributed by atoms with Crippen molar-refractivity contribution in [2.45, 2.75) is 2.97 Å². The van der Waals surface area contributed by atoms with Crippen LogP contribution in [-0.2, 0) is 7.54 Å². The van der Waals surface area contributed by atoms with Crippen LogP contribution in [0.3, 0.4) is 0 Å². The Labute approximate surface area is 134 Å². The molecule has 0 aliphatic heterocycles. The zero-order valence-corrected chi connectivity index (χ0v) is 16.1. The Morgan fingerprint density at radius 3 is 2.00 bits per heavy atom. The Morgan fingerprint density at radius 1 is 1.06 bits per heavy atom. The quantitative estimate of drug-likeness (QED) is 0.299. The first-order valence-corrected chi connectivity index (χ1v) is 9.24. The van der Waals surface area contributed by atoms with E-state index in [-0.39, 0.29) is 0 Å². The fourth-order valence-corrected chi connectivity index (χ4v) is 4.35. The van der Waals surface area contributed by atoms with Gasteiger partial charge in [0.1, 0.15) is 0 Å². The lowest BCUT2D eigenvalue weighted by atomic mass is 10.2. The molecular formula is C7H4Br5O3P. The van der Waals surface area contributed by atoms with Crippen LogP contribution in [0.4, 0.5) is 0 Å². The molecule has 0 amide bonds. The lowest BCUT2D eigenvalue weighted by molar-refractivity contribution is 0.368. The Morgan fingerprint density at radius 2 is 1.56 bits per heavy atom. The van der Waals surface area contributed by atoms with Crippen molar-refractivity contribution in [2.75, 3.05) is 0 Å². The topological polar surface area (TPSA) is 57.5 Å². The molecule has 1 aromatic rings. The van der Waals surface area contributed by atoms with Gasteiger partial charge in [0.05, 0.1) is 0 Å². The van der Waals surface area contributed by atoms with Gasteiger partial charge in [0.25, 0.3) is 0 Å². The van der Waals surface area contributed by atoms with E-state index in [1.807, 2.05) is 0 Å². The van der Waals surface area contributed by atoms with Crippen LogP contribution in [0, 0.1) is 0 Å². The van der Waals surface area contributed by atoms with Gasteiger partial charge in [-0.3, -0.25) is 4.57 Å². The summed E-state index contributed by atoms with van der Waals surface area (Å²) in [6, 6.07) is 3.29. The summed E-state index contributed by atoms with van der Waals surface area (Å²) in [7, 11) is -4.39. The predicted molar refractivity (Wildman–Crippen MR) is 81.1 cm³/mol. The van der Waals surface area contributed by atoms with Crippen molar-refractivity contribution in [3.63, 3.8) is 0 Å². The summed E-state index contributed by atoms with van der Waals surface area (Å²) in [6.45, 7) is 0. The molecule has 3 nitrogen and oxygen atoms in total. The van der Waals surface area contributed by atoms with Gasteiger partial charge in [-0.1, -0.05) is 37.9 Å². The SMILES string of the molecule is O=P(O)(O)C(Br)(Br)c1ccc(Br)c(Br)c1Br. The van der Waals surface area contributed by atoms with Crippen LogP contribution in [0.15, 0.2) is 25.6 Å². The van der Waals surface area contributed by atoms with Gasteiger partial charge in [-0.2, -0.15) is 0 Å². The summed E-state index contributed by atoms with van der Waals surface area (Å²) < 4.78 is 11.8. The molecule has 0 spiro atoms. The van der Waals surface area contributed by atoms with E-state index in [1.54, 1.807) is 12.1 Å². The van der Waals surface area contributed by atoms with E-state index >= 15 is 0 Å². The fourth-order valence-electron chi connectivity index (χ4n) is 0.915. The van der Waals surface area contributed by atoms with E-state index in [4.69, 9.17) is 0 Å². The van der Waals surface area contributed by atoms with Crippen LogP contribution in [0.5, 0.6) is 0 Å². The fraction of sp³-hybridized carbons (Fsp3) is 0.143. The summed E-state index contributed by atoms with van der Waals surface area (Å²) >= 11 is 15.9. The van der Waals surface area contributed by atoms with Crippen LogP contribution in [0.25, 0.3) is 0 Å². The lowest BCUT2D eigenvalue weighted by Gasteiger charge is -2.24. The van der Waals surface area contributed by atoms with Crippen LogP contribution in [0.2, 0.25) is 0 Å². The van der Waals surface area contributed by atoms with Gasteiger partial charge in [0.2, 0.25) is 2.97 Å². The van der Waals surface area contributed by atoms with Crippen molar-refractivity contribution in [3.8, 4) is 0 Å². The molecule has 0 heterocycles. The first kappa shape index (κ1) is 15.8. The molecule has 2 N–H and O–H groups in total. The summed E-state index contributed by atoms with van der Waals surface area (Å²) in [4.78, 5) is 18.5. The molecule has 0 saturated heterocycles. The maximum absolute atomic E-state index is 11.4. The third-order valence-corrected chi connectivity index (χ3v) is 9.70. The molecule has 0 atom stereocenters. The van der Waals surface area contributed by atoms with Gasteiger partial charge >= 0.3 is 7.60 Å². The molecular weight excluding hydrogens is 563 g/mol. The van der Waals surface area contributed by atoms with Crippen molar-refractivity contribution in [3.05, 3.63) is 31.1 Å². The molecule has 0 unspecified atom stereocenters. The lowest BCUT2D eigenvalue weighted by Crippen LogP contribution is -2.10. The monoisotopic (exact) mass is 562 g/mol. The van der Waals surface area contributed by atoms with Gasteiger partial charge in [-0.05, 0) is 53.9 Å². The smallest absolute Gasteiger partial charge is 0.323 e. The standard InChI is InChI=1S/C7H4Br5O3P/c8-4-2-1-3(5(9)6(4)10)7(11,12)16(13,14)15/h1-2H,(H2,13,14,15). The number of hydrogen-bond donors (Lipinski definition) is 2. The molecule has 9 heteroatoms. The highest BCUT2D eigenvalue weighted by molar-refractivity contribution is 9.26. The number of benzene rings is 1. The average Bonchev–Trinajstić information content (AvgIpc) is 2.12. The summed E-state index contributed by atoms with van der Waals surface area (Å²) in [5.74, 6) is 0. The Bertz CT molecular complexity index is 469. The molecule has 0 bridgehead atoms. The highest BCUT2D eigenvalue weighted by Crippen LogP contribution is 2.66. The van der Waals surface area contributed by atoms with Crippen LogP contribution in [-0.4, -0.2) is 9.79 Å². The Hall–Kier alpha value is 1.77. The molecule has 1 rings (SSSR count).